The summed E-state index contributed by atoms with van der Waals surface area (Å²) in [4.78, 5) is 37.0. The van der Waals surface area contributed by atoms with Gasteiger partial charge in [0.05, 0.1) is 12.0 Å². The van der Waals surface area contributed by atoms with Gasteiger partial charge in [-0.1, -0.05) is 17.7 Å². The Kier molecular flexibility index (Phi) is 6.51. The average molecular weight is 483 g/mol. The van der Waals surface area contributed by atoms with E-state index in [-0.39, 0.29) is 39.6 Å². The molecule has 0 aliphatic carbocycles. The third kappa shape index (κ3) is 4.86. The van der Waals surface area contributed by atoms with Gasteiger partial charge >= 0.3 is 11.7 Å². The fourth-order valence-electron chi connectivity index (χ4n) is 3.40. The SMILES string of the molecule is COc1cc(C(=O)Nc2cccc(N3CCNC3=O)c2)ccc1Oc1ccc(Cl)cc1[N+](=O)[O-]. The number of nitro groups is 1. The number of nitrogens with one attached hydrogen (secondary N) is 2. The molecular formula is C23H19ClN4O6. The topological polar surface area (TPSA) is 123 Å². The molecule has 3 aromatic carbocycles. The lowest BCUT2D eigenvalue weighted by atomic mass is 10.1. The number of anilines is 2. The van der Waals surface area contributed by atoms with E-state index in [0.29, 0.717) is 24.5 Å². The second kappa shape index (κ2) is 9.67. The van der Waals surface area contributed by atoms with E-state index in [1.165, 1.54) is 43.5 Å². The van der Waals surface area contributed by atoms with Gasteiger partial charge in [-0.15, -0.1) is 0 Å². The van der Waals surface area contributed by atoms with Gasteiger partial charge in [-0.3, -0.25) is 19.8 Å². The van der Waals surface area contributed by atoms with Crippen molar-refractivity contribution in [2.24, 2.45) is 0 Å². The number of nitro benzene ring substituents is 1. The van der Waals surface area contributed by atoms with Crippen LogP contribution in [0.25, 0.3) is 0 Å². The van der Waals surface area contributed by atoms with E-state index in [4.69, 9.17) is 21.1 Å². The number of halogens is 1. The molecule has 3 amide bonds. The third-order valence-corrected chi connectivity index (χ3v) is 5.27. The number of benzene rings is 3. The average Bonchev–Trinajstić information content (AvgIpc) is 3.26. The highest BCUT2D eigenvalue weighted by Gasteiger charge is 2.22. The summed E-state index contributed by atoms with van der Waals surface area (Å²) in [5.41, 5.74) is 1.15. The Bertz CT molecular complexity index is 1280. The molecule has 0 radical (unpaired) electrons. The maximum absolute atomic E-state index is 12.8. The first-order valence-electron chi connectivity index (χ1n) is 10.1. The molecule has 10 nitrogen and oxygen atoms in total. The molecule has 1 aliphatic rings. The van der Waals surface area contributed by atoms with Crippen LogP contribution in [0.15, 0.2) is 60.7 Å². The summed E-state index contributed by atoms with van der Waals surface area (Å²) in [5.74, 6) is -0.0380. The van der Waals surface area contributed by atoms with Crippen molar-refractivity contribution in [2.75, 3.05) is 30.4 Å². The number of hydrogen-bond acceptors (Lipinski definition) is 6. The molecule has 0 unspecified atom stereocenters. The van der Waals surface area contributed by atoms with Gasteiger partial charge in [-0.05, 0) is 48.5 Å². The lowest BCUT2D eigenvalue weighted by molar-refractivity contribution is -0.385. The Morgan fingerprint density at radius 1 is 1.12 bits per heavy atom. The first-order chi connectivity index (χ1) is 16.4. The van der Waals surface area contributed by atoms with Gasteiger partial charge in [0.25, 0.3) is 5.91 Å². The van der Waals surface area contributed by atoms with Gasteiger partial charge in [0, 0.05) is 41.1 Å². The van der Waals surface area contributed by atoms with Crippen LogP contribution in [0.5, 0.6) is 17.2 Å². The van der Waals surface area contributed by atoms with Crippen LogP contribution in [0, 0.1) is 10.1 Å². The van der Waals surface area contributed by atoms with Crippen molar-refractivity contribution in [1.82, 2.24) is 5.32 Å². The van der Waals surface area contributed by atoms with Crippen molar-refractivity contribution < 1.29 is 24.0 Å². The quantitative estimate of drug-likeness (QED) is 0.367. The van der Waals surface area contributed by atoms with Crippen molar-refractivity contribution in [3.05, 3.63) is 81.4 Å². The summed E-state index contributed by atoms with van der Waals surface area (Å²) in [5, 5.41) is 17.0. The zero-order valence-electron chi connectivity index (χ0n) is 17.9. The zero-order valence-corrected chi connectivity index (χ0v) is 18.7. The number of rotatable bonds is 7. The molecule has 0 spiro atoms. The number of methoxy groups -OCH3 is 1. The number of amides is 3. The highest BCUT2D eigenvalue weighted by Crippen LogP contribution is 2.38. The molecule has 0 atom stereocenters. The van der Waals surface area contributed by atoms with Crippen LogP contribution < -0.4 is 25.0 Å². The molecule has 3 aromatic rings. The fraction of sp³-hybridized carbons (Fsp3) is 0.130. The predicted molar refractivity (Wildman–Crippen MR) is 126 cm³/mol. The van der Waals surface area contributed by atoms with Crippen LogP contribution in [-0.2, 0) is 0 Å². The van der Waals surface area contributed by atoms with Crippen molar-refractivity contribution in [3.8, 4) is 17.2 Å². The second-order valence-corrected chi connectivity index (χ2v) is 7.66. The molecular weight excluding hydrogens is 464 g/mol. The number of carbonyl (C=O) groups is 2. The highest BCUT2D eigenvalue weighted by atomic mass is 35.5. The van der Waals surface area contributed by atoms with Gasteiger partial charge in [0.1, 0.15) is 0 Å². The molecule has 2 N–H and O–H groups in total. The summed E-state index contributed by atoms with van der Waals surface area (Å²) < 4.78 is 11.0. The summed E-state index contributed by atoms with van der Waals surface area (Å²) >= 11 is 5.85. The van der Waals surface area contributed by atoms with Gasteiger partial charge in [-0.2, -0.15) is 0 Å². The van der Waals surface area contributed by atoms with Gasteiger partial charge in [0.2, 0.25) is 5.75 Å². The van der Waals surface area contributed by atoms with E-state index in [9.17, 15) is 19.7 Å². The molecule has 1 heterocycles. The number of nitrogens with zero attached hydrogens (tertiary/aromatic N) is 2. The van der Waals surface area contributed by atoms with E-state index in [1.54, 1.807) is 29.2 Å². The highest BCUT2D eigenvalue weighted by molar-refractivity contribution is 6.30. The van der Waals surface area contributed by atoms with Crippen LogP contribution in [-0.4, -0.2) is 37.1 Å². The molecule has 4 rings (SSSR count). The summed E-state index contributed by atoms with van der Waals surface area (Å²) in [6.07, 6.45) is 0. The van der Waals surface area contributed by atoms with Crippen LogP contribution in [0.3, 0.4) is 0 Å². The first-order valence-corrected chi connectivity index (χ1v) is 10.5. The molecule has 1 fully saturated rings. The van der Waals surface area contributed by atoms with E-state index in [1.807, 2.05) is 0 Å². The monoisotopic (exact) mass is 482 g/mol. The molecule has 34 heavy (non-hydrogen) atoms. The minimum absolute atomic E-state index is 0.0207. The number of urea groups is 1. The minimum atomic E-state index is -0.602. The van der Waals surface area contributed by atoms with E-state index >= 15 is 0 Å². The normalized spacial score (nSPS) is 12.8. The fourth-order valence-corrected chi connectivity index (χ4v) is 3.57. The largest absolute Gasteiger partial charge is 0.493 e. The van der Waals surface area contributed by atoms with E-state index in [2.05, 4.69) is 10.6 Å². The molecule has 0 saturated carbocycles. The molecule has 1 aliphatic heterocycles. The predicted octanol–water partition coefficient (Wildman–Crippen LogP) is 4.83. The maximum atomic E-state index is 12.8. The maximum Gasteiger partial charge on any atom is 0.321 e. The lowest BCUT2D eigenvalue weighted by Crippen LogP contribution is -2.27. The summed E-state index contributed by atoms with van der Waals surface area (Å²) in [6.45, 7) is 1.10. The Balaban J connectivity index is 1.53. The lowest BCUT2D eigenvalue weighted by Gasteiger charge is -2.16. The molecule has 0 bridgehead atoms. The molecule has 1 saturated heterocycles. The Labute approximate surface area is 199 Å². The van der Waals surface area contributed by atoms with Crippen molar-refractivity contribution in [3.63, 3.8) is 0 Å². The van der Waals surface area contributed by atoms with E-state index < -0.39 is 10.8 Å². The van der Waals surface area contributed by atoms with Gasteiger partial charge in [-0.25, -0.2) is 4.79 Å². The first kappa shape index (κ1) is 22.9. The smallest absolute Gasteiger partial charge is 0.321 e. The standard InChI is InChI=1S/C23H19ClN4O6/c1-33-21-11-14(5-7-20(21)34-19-8-6-15(24)12-18(19)28(31)32)22(29)26-16-3-2-4-17(13-16)27-10-9-25-23(27)30/h2-8,11-13H,9-10H2,1H3,(H,25,30)(H,26,29). The van der Waals surface area contributed by atoms with Crippen LogP contribution in [0.1, 0.15) is 10.4 Å². The van der Waals surface area contributed by atoms with Crippen LogP contribution in [0.4, 0.5) is 21.9 Å². The van der Waals surface area contributed by atoms with E-state index in [0.717, 1.165) is 0 Å². The van der Waals surface area contributed by atoms with Gasteiger partial charge < -0.3 is 20.1 Å². The number of carbonyl (C=O) groups excluding carboxylic acids is 2. The molecule has 11 heteroatoms. The Morgan fingerprint density at radius 2 is 1.91 bits per heavy atom. The Hall–Kier alpha value is -4.31. The minimum Gasteiger partial charge on any atom is -0.493 e. The second-order valence-electron chi connectivity index (χ2n) is 7.22. The summed E-state index contributed by atoms with van der Waals surface area (Å²) in [7, 11) is 1.39. The van der Waals surface area contributed by atoms with Crippen molar-refractivity contribution in [1.29, 1.82) is 0 Å². The van der Waals surface area contributed by atoms with Crippen molar-refractivity contribution in [2.45, 2.75) is 0 Å². The zero-order chi connectivity index (χ0) is 24.2. The summed E-state index contributed by atoms with van der Waals surface area (Å²) in [6, 6.07) is 15.2. The van der Waals surface area contributed by atoms with Crippen LogP contribution in [0.2, 0.25) is 5.02 Å². The number of hydrogen-bond donors (Lipinski definition) is 2. The molecule has 0 aromatic heterocycles. The third-order valence-electron chi connectivity index (χ3n) is 5.04. The molecule has 174 valence electrons. The van der Waals surface area contributed by atoms with Crippen LogP contribution >= 0.6 is 11.6 Å². The van der Waals surface area contributed by atoms with Crippen molar-refractivity contribution >= 4 is 40.6 Å². The number of ether oxygens (including phenoxy) is 2. The van der Waals surface area contributed by atoms with Gasteiger partial charge in [0.15, 0.2) is 11.5 Å². The Morgan fingerprint density at radius 3 is 2.62 bits per heavy atom.